The summed E-state index contributed by atoms with van der Waals surface area (Å²) in [7, 11) is 0. The first-order valence-electron chi connectivity index (χ1n) is 10.1. The molecule has 5 rings (SSSR count). The van der Waals surface area contributed by atoms with Gasteiger partial charge in [0.2, 0.25) is 0 Å². The van der Waals surface area contributed by atoms with Crippen LogP contribution in [0, 0.1) is 0 Å². The highest BCUT2D eigenvalue weighted by atomic mass is 32.1. The number of nitrogens with zero attached hydrogens (tertiary/aromatic N) is 2. The molecule has 7 nitrogen and oxygen atoms in total. The largest absolute Gasteiger partial charge is 0.361 e. The molecule has 1 aliphatic heterocycles. The lowest BCUT2D eigenvalue weighted by molar-refractivity contribution is 0.0965. The van der Waals surface area contributed by atoms with Crippen molar-refractivity contribution in [2.75, 3.05) is 5.32 Å². The van der Waals surface area contributed by atoms with Gasteiger partial charge in [0.15, 0.2) is 0 Å². The topological polar surface area (TPSA) is 95.5 Å². The summed E-state index contributed by atoms with van der Waals surface area (Å²) >= 11 is 1.41. The predicted octanol–water partition coefficient (Wildman–Crippen LogP) is 3.37. The molecule has 0 bridgehead atoms. The van der Waals surface area contributed by atoms with Crippen molar-refractivity contribution in [3.8, 4) is 0 Å². The first kappa shape index (κ1) is 19.9. The van der Waals surface area contributed by atoms with Gasteiger partial charge in [-0.15, -0.1) is 11.3 Å². The van der Waals surface area contributed by atoms with E-state index in [1.807, 2.05) is 53.9 Å². The summed E-state index contributed by atoms with van der Waals surface area (Å²) in [5.41, 5.74) is 2.88. The molecular formula is C24H19N5O2S. The zero-order chi connectivity index (χ0) is 21.9. The van der Waals surface area contributed by atoms with Crippen molar-refractivity contribution in [1.82, 2.24) is 15.6 Å². The lowest BCUT2D eigenvalue weighted by Gasteiger charge is -2.18. The number of hydrogen-bond donors (Lipinski definition) is 3. The molecule has 1 aliphatic carbocycles. The maximum Gasteiger partial charge on any atom is 0.265 e. The fourth-order valence-electron chi connectivity index (χ4n) is 3.52. The molecule has 2 atom stereocenters. The lowest BCUT2D eigenvalue weighted by atomic mass is 10.0. The van der Waals surface area contributed by atoms with Crippen LogP contribution in [-0.4, -0.2) is 34.7 Å². The molecule has 3 aromatic rings. The van der Waals surface area contributed by atoms with Crippen molar-refractivity contribution < 1.29 is 9.59 Å². The summed E-state index contributed by atoms with van der Waals surface area (Å²) in [5, 5.41) is 11.1. The van der Waals surface area contributed by atoms with Gasteiger partial charge in [0.1, 0.15) is 5.84 Å². The van der Waals surface area contributed by atoms with Crippen molar-refractivity contribution in [1.29, 1.82) is 0 Å². The Balaban J connectivity index is 1.23. The number of carbonyl (C=O) groups is 2. The third kappa shape index (κ3) is 4.21. The average Bonchev–Trinajstić information content (AvgIpc) is 3.50. The minimum Gasteiger partial charge on any atom is -0.361 e. The van der Waals surface area contributed by atoms with Crippen LogP contribution in [0.2, 0.25) is 0 Å². The minimum atomic E-state index is -0.202. The van der Waals surface area contributed by atoms with Gasteiger partial charge in [-0.05, 0) is 60.0 Å². The predicted molar refractivity (Wildman–Crippen MR) is 125 cm³/mol. The van der Waals surface area contributed by atoms with Crippen LogP contribution in [0.1, 0.15) is 25.6 Å². The Kier molecular flexibility index (Phi) is 5.35. The zero-order valence-corrected chi connectivity index (χ0v) is 17.7. The Morgan fingerprint density at radius 3 is 2.62 bits per heavy atom. The highest BCUT2D eigenvalue weighted by molar-refractivity contribution is 7.12. The summed E-state index contributed by atoms with van der Waals surface area (Å²) < 4.78 is 0. The van der Waals surface area contributed by atoms with E-state index >= 15 is 0 Å². The molecule has 3 N–H and O–H groups in total. The van der Waals surface area contributed by atoms with Gasteiger partial charge in [0.05, 0.1) is 22.5 Å². The molecule has 1 aromatic carbocycles. The molecular weight excluding hydrogens is 422 g/mol. The van der Waals surface area contributed by atoms with Crippen molar-refractivity contribution >= 4 is 34.7 Å². The quantitative estimate of drug-likeness (QED) is 0.566. The third-order valence-corrected chi connectivity index (χ3v) is 5.99. The number of allylic oxidation sites excluding steroid dienone is 1. The first-order valence-corrected chi connectivity index (χ1v) is 10.9. The summed E-state index contributed by atoms with van der Waals surface area (Å²) in [6.45, 7) is 0. The van der Waals surface area contributed by atoms with E-state index in [1.54, 1.807) is 24.4 Å². The van der Waals surface area contributed by atoms with Crippen LogP contribution in [0.4, 0.5) is 5.69 Å². The molecule has 2 aliphatic rings. The molecule has 2 unspecified atom stereocenters. The summed E-state index contributed by atoms with van der Waals surface area (Å²) in [5.74, 6) is 0.454. The number of pyridine rings is 1. The number of amidine groups is 1. The van der Waals surface area contributed by atoms with Gasteiger partial charge in [-0.3, -0.25) is 19.6 Å². The molecule has 2 aromatic heterocycles. The van der Waals surface area contributed by atoms with Crippen LogP contribution in [0.15, 0.2) is 95.2 Å². The third-order valence-electron chi connectivity index (χ3n) is 5.12. The number of rotatable bonds is 5. The maximum atomic E-state index is 12.4. The van der Waals surface area contributed by atoms with E-state index in [9.17, 15) is 9.59 Å². The number of anilines is 1. The second kappa shape index (κ2) is 8.60. The van der Waals surface area contributed by atoms with Crippen LogP contribution in [0.5, 0.6) is 0 Å². The number of hydrogen-bond acceptors (Lipinski definition) is 6. The van der Waals surface area contributed by atoms with E-state index in [-0.39, 0.29) is 23.9 Å². The number of amides is 2. The van der Waals surface area contributed by atoms with E-state index in [0.29, 0.717) is 10.4 Å². The van der Waals surface area contributed by atoms with Crippen molar-refractivity contribution in [3.05, 3.63) is 106 Å². The average molecular weight is 442 g/mol. The normalized spacial score (nSPS) is 18.8. The molecule has 0 saturated carbocycles. The Hall–Kier alpha value is -4.04. The number of fused-ring (bicyclic) bond motifs is 1. The Morgan fingerprint density at radius 1 is 1.00 bits per heavy atom. The smallest absolute Gasteiger partial charge is 0.265 e. The van der Waals surface area contributed by atoms with Crippen LogP contribution in [0.25, 0.3) is 0 Å². The number of thiophene rings is 1. The van der Waals surface area contributed by atoms with Gasteiger partial charge in [-0.1, -0.05) is 12.1 Å². The van der Waals surface area contributed by atoms with E-state index in [1.165, 1.54) is 17.5 Å². The number of aromatic nitrogens is 1. The summed E-state index contributed by atoms with van der Waals surface area (Å²) in [6.07, 6.45) is 8.97. The Bertz CT molecular complexity index is 1230. The van der Waals surface area contributed by atoms with Crippen molar-refractivity contribution in [2.45, 2.75) is 12.1 Å². The van der Waals surface area contributed by atoms with Crippen LogP contribution >= 0.6 is 11.3 Å². The van der Waals surface area contributed by atoms with E-state index < -0.39 is 0 Å². The number of benzene rings is 1. The highest BCUT2D eigenvalue weighted by Crippen LogP contribution is 2.21. The van der Waals surface area contributed by atoms with Gasteiger partial charge >= 0.3 is 0 Å². The second-order valence-electron chi connectivity index (χ2n) is 7.32. The number of carbonyl (C=O) groups excluding carboxylic acids is 2. The molecule has 0 saturated heterocycles. The molecule has 0 fully saturated rings. The summed E-state index contributed by atoms with van der Waals surface area (Å²) in [4.78, 5) is 34.0. The monoisotopic (exact) mass is 441 g/mol. The van der Waals surface area contributed by atoms with E-state index in [4.69, 9.17) is 4.99 Å². The Morgan fingerprint density at radius 2 is 1.88 bits per heavy atom. The number of aliphatic imine (C=N–C) groups is 1. The Labute approximate surface area is 188 Å². The molecule has 158 valence electrons. The minimum absolute atomic E-state index is 0.0396. The molecule has 0 radical (unpaired) electrons. The van der Waals surface area contributed by atoms with Crippen LogP contribution < -0.4 is 16.0 Å². The molecule has 32 heavy (non-hydrogen) atoms. The van der Waals surface area contributed by atoms with Gasteiger partial charge < -0.3 is 16.0 Å². The van der Waals surface area contributed by atoms with Gasteiger partial charge in [-0.25, -0.2) is 0 Å². The van der Waals surface area contributed by atoms with Gasteiger partial charge in [0, 0.05) is 29.3 Å². The molecule has 3 heterocycles. The number of nitrogens with one attached hydrogen (secondary N) is 3. The van der Waals surface area contributed by atoms with Crippen molar-refractivity contribution in [3.63, 3.8) is 0 Å². The zero-order valence-electron chi connectivity index (χ0n) is 16.9. The SMILES string of the molecule is O=C(NC1=CC2NC(c3ccc(NC(=O)c4cccs4)cc3)=NC2C=C1)c1cccnc1. The molecule has 8 heteroatoms. The van der Waals surface area contributed by atoms with E-state index in [2.05, 4.69) is 20.9 Å². The fourth-order valence-corrected chi connectivity index (χ4v) is 4.14. The molecule has 2 amide bonds. The maximum absolute atomic E-state index is 12.4. The van der Waals surface area contributed by atoms with Crippen LogP contribution in [0.3, 0.4) is 0 Å². The van der Waals surface area contributed by atoms with E-state index in [0.717, 1.165) is 22.8 Å². The standard InChI is InChI=1S/C24H19N5O2S/c30-23(16-3-1-11-25-14-16)27-18-9-10-19-20(13-18)29-22(28-19)15-5-7-17(8-6-15)26-24(31)21-4-2-12-32-21/h1-14,19-20H,(H,26,31)(H,27,30)(H,28,29). The van der Waals surface area contributed by atoms with Crippen molar-refractivity contribution in [2.24, 2.45) is 4.99 Å². The molecule has 0 spiro atoms. The lowest BCUT2D eigenvalue weighted by Crippen LogP contribution is -2.36. The van der Waals surface area contributed by atoms with Crippen LogP contribution in [-0.2, 0) is 0 Å². The highest BCUT2D eigenvalue weighted by Gasteiger charge is 2.28. The summed E-state index contributed by atoms with van der Waals surface area (Å²) in [6, 6.07) is 14.6. The van der Waals surface area contributed by atoms with Gasteiger partial charge in [-0.2, -0.15) is 0 Å². The second-order valence-corrected chi connectivity index (χ2v) is 8.27. The van der Waals surface area contributed by atoms with Gasteiger partial charge in [0.25, 0.3) is 11.8 Å². The fraction of sp³-hybridized carbons (Fsp3) is 0.0833. The first-order chi connectivity index (χ1) is 15.7.